The molecular formula is C18H28N4O3. The molecule has 2 saturated heterocycles. The van der Waals surface area contributed by atoms with Crippen LogP contribution in [0.15, 0.2) is 6.07 Å². The van der Waals surface area contributed by atoms with Crippen LogP contribution >= 0.6 is 0 Å². The molecule has 2 aliphatic rings. The normalized spacial score (nSPS) is 20.6. The number of likely N-dealkylation sites (tertiary alicyclic amines) is 1. The number of nitrogens with zero attached hydrogens (tertiary/aromatic N) is 4. The van der Waals surface area contributed by atoms with Crippen LogP contribution in [0, 0.1) is 6.92 Å². The van der Waals surface area contributed by atoms with Gasteiger partial charge in [-0.2, -0.15) is 0 Å². The second kappa shape index (κ2) is 8.10. The van der Waals surface area contributed by atoms with Crippen LogP contribution in [0.1, 0.15) is 43.6 Å². The van der Waals surface area contributed by atoms with E-state index in [1.54, 1.807) is 4.90 Å². The third-order valence-corrected chi connectivity index (χ3v) is 5.08. The first-order chi connectivity index (χ1) is 12.1. The number of ether oxygens (including phenoxy) is 1. The number of hydrogen-bond donors (Lipinski definition) is 1. The number of hydrogen-bond acceptors (Lipinski definition) is 6. The van der Waals surface area contributed by atoms with E-state index in [2.05, 4.69) is 20.9 Å². The Kier molecular flexibility index (Phi) is 5.86. The van der Waals surface area contributed by atoms with Crippen LogP contribution in [0.2, 0.25) is 0 Å². The summed E-state index contributed by atoms with van der Waals surface area (Å²) >= 11 is 0. The van der Waals surface area contributed by atoms with Crippen LogP contribution in [0.25, 0.3) is 0 Å². The SMILES string of the molecule is CCC(O)C(=O)N1CCC(c2cc(N3CCOCC3)nc(C)n2)CC1. The molecule has 0 aliphatic carbocycles. The van der Waals surface area contributed by atoms with Gasteiger partial charge in [-0.05, 0) is 26.2 Å². The Morgan fingerprint density at radius 1 is 1.28 bits per heavy atom. The summed E-state index contributed by atoms with van der Waals surface area (Å²) in [5, 5.41) is 9.75. The van der Waals surface area contributed by atoms with Crippen LogP contribution in [0.4, 0.5) is 5.82 Å². The summed E-state index contributed by atoms with van der Waals surface area (Å²) in [6.45, 7) is 8.30. The summed E-state index contributed by atoms with van der Waals surface area (Å²) in [4.78, 5) is 25.4. The average molecular weight is 348 g/mol. The molecule has 0 bridgehead atoms. The minimum Gasteiger partial charge on any atom is -0.383 e. The molecule has 1 aromatic rings. The third kappa shape index (κ3) is 4.27. The quantitative estimate of drug-likeness (QED) is 0.878. The van der Waals surface area contributed by atoms with E-state index < -0.39 is 6.10 Å². The van der Waals surface area contributed by atoms with Gasteiger partial charge in [0, 0.05) is 43.9 Å². The number of carbonyl (C=O) groups excluding carboxylic acids is 1. The predicted octanol–water partition coefficient (Wildman–Crippen LogP) is 1.10. The van der Waals surface area contributed by atoms with Crippen molar-refractivity contribution in [1.82, 2.24) is 14.9 Å². The second-order valence-electron chi connectivity index (χ2n) is 6.82. The van der Waals surface area contributed by atoms with Crippen molar-refractivity contribution in [2.24, 2.45) is 0 Å². The molecule has 7 nitrogen and oxygen atoms in total. The molecule has 2 aliphatic heterocycles. The first kappa shape index (κ1) is 18.1. The van der Waals surface area contributed by atoms with Crippen LogP contribution in [0.3, 0.4) is 0 Å². The fourth-order valence-electron chi connectivity index (χ4n) is 3.52. The largest absolute Gasteiger partial charge is 0.383 e. The zero-order valence-electron chi connectivity index (χ0n) is 15.1. The molecule has 0 saturated carbocycles. The predicted molar refractivity (Wildman–Crippen MR) is 94.7 cm³/mol. The molecule has 3 heterocycles. The molecule has 2 fully saturated rings. The van der Waals surface area contributed by atoms with E-state index in [0.717, 1.165) is 56.5 Å². The number of aliphatic hydroxyl groups is 1. The van der Waals surface area contributed by atoms with Gasteiger partial charge in [0.1, 0.15) is 17.7 Å². The lowest BCUT2D eigenvalue weighted by Gasteiger charge is -2.33. The van der Waals surface area contributed by atoms with Gasteiger partial charge in [-0.25, -0.2) is 9.97 Å². The Morgan fingerprint density at radius 3 is 2.60 bits per heavy atom. The van der Waals surface area contributed by atoms with E-state index in [1.807, 2.05) is 13.8 Å². The fraction of sp³-hybridized carbons (Fsp3) is 0.722. The molecule has 1 atom stereocenters. The van der Waals surface area contributed by atoms with Gasteiger partial charge in [-0.15, -0.1) is 0 Å². The molecular weight excluding hydrogens is 320 g/mol. The van der Waals surface area contributed by atoms with E-state index in [-0.39, 0.29) is 5.91 Å². The molecule has 1 aromatic heterocycles. The van der Waals surface area contributed by atoms with Gasteiger partial charge in [0.2, 0.25) is 0 Å². The molecule has 0 spiro atoms. The Labute approximate surface area is 149 Å². The fourth-order valence-corrected chi connectivity index (χ4v) is 3.52. The monoisotopic (exact) mass is 348 g/mol. The van der Waals surface area contributed by atoms with Crippen molar-refractivity contribution in [1.29, 1.82) is 0 Å². The molecule has 1 amide bonds. The number of aliphatic hydroxyl groups excluding tert-OH is 1. The number of anilines is 1. The van der Waals surface area contributed by atoms with E-state index in [4.69, 9.17) is 4.74 Å². The van der Waals surface area contributed by atoms with Gasteiger partial charge < -0.3 is 19.6 Å². The maximum absolute atomic E-state index is 12.1. The van der Waals surface area contributed by atoms with Crippen molar-refractivity contribution < 1.29 is 14.6 Å². The first-order valence-electron chi connectivity index (χ1n) is 9.23. The van der Waals surface area contributed by atoms with E-state index >= 15 is 0 Å². The van der Waals surface area contributed by atoms with Crippen molar-refractivity contribution in [2.45, 2.75) is 45.1 Å². The Bertz CT molecular complexity index is 596. The van der Waals surface area contributed by atoms with Crippen molar-refractivity contribution in [3.05, 3.63) is 17.6 Å². The van der Waals surface area contributed by atoms with Gasteiger partial charge in [0.25, 0.3) is 5.91 Å². The van der Waals surface area contributed by atoms with E-state index in [0.29, 0.717) is 25.4 Å². The van der Waals surface area contributed by atoms with Crippen LogP contribution in [-0.2, 0) is 9.53 Å². The van der Waals surface area contributed by atoms with E-state index in [1.165, 1.54) is 0 Å². The van der Waals surface area contributed by atoms with Crippen molar-refractivity contribution >= 4 is 11.7 Å². The van der Waals surface area contributed by atoms with Gasteiger partial charge >= 0.3 is 0 Å². The third-order valence-electron chi connectivity index (χ3n) is 5.08. The minimum absolute atomic E-state index is 0.145. The Balaban J connectivity index is 1.66. The summed E-state index contributed by atoms with van der Waals surface area (Å²) in [5.74, 6) is 1.96. The van der Waals surface area contributed by atoms with Crippen molar-refractivity contribution in [3.63, 3.8) is 0 Å². The lowest BCUT2D eigenvalue weighted by molar-refractivity contribution is -0.141. The Hall–Kier alpha value is -1.73. The minimum atomic E-state index is -0.870. The molecule has 0 aromatic carbocycles. The summed E-state index contributed by atoms with van der Waals surface area (Å²) in [6.07, 6.45) is 1.35. The van der Waals surface area contributed by atoms with Crippen molar-refractivity contribution in [3.8, 4) is 0 Å². The molecule has 0 radical (unpaired) electrons. The van der Waals surface area contributed by atoms with E-state index in [9.17, 15) is 9.90 Å². The lowest BCUT2D eigenvalue weighted by atomic mass is 9.92. The first-order valence-corrected chi connectivity index (χ1v) is 9.23. The second-order valence-corrected chi connectivity index (χ2v) is 6.82. The number of carbonyl (C=O) groups is 1. The highest BCUT2D eigenvalue weighted by atomic mass is 16.5. The van der Waals surface area contributed by atoms with Crippen molar-refractivity contribution in [2.75, 3.05) is 44.3 Å². The number of amides is 1. The summed E-state index contributed by atoms with van der Waals surface area (Å²) in [6, 6.07) is 2.10. The van der Waals surface area contributed by atoms with Gasteiger partial charge in [-0.1, -0.05) is 6.92 Å². The number of aryl methyl sites for hydroxylation is 1. The highest BCUT2D eigenvalue weighted by Crippen LogP contribution is 2.29. The van der Waals surface area contributed by atoms with Crippen LogP contribution in [-0.4, -0.2) is 71.4 Å². The molecule has 1 unspecified atom stereocenters. The zero-order valence-corrected chi connectivity index (χ0v) is 15.1. The Morgan fingerprint density at radius 2 is 1.96 bits per heavy atom. The number of rotatable bonds is 4. The molecule has 138 valence electrons. The maximum atomic E-state index is 12.1. The summed E-state index contributed by atoms with van der Waals surface area (Å²) in [5.41, 5.74) is 1.07. The maximum Gasteiger partial charge on any atom is 0.251 e. The number of aromatic nitrogens is 2. The standard InChI is InChI=1S/C18H28N4O3/c1-3-16(23)18(24)22-6-4-14(5-7-22)15-12-17(20-13(2)19-15)21-8-10-25-11-9-21/h12,14,16,23H,3-11H2,1-2H3. The molecule has 7 heteroatoms. The summed E-state index contributed by atoms with van der Waals surface area (Å²) in [7, 11) is 0. The average Bonchev–Trinajstić information content (AvgIpc) is 2.67. The topological polar surface area (TPSA) is 78.8 Å². The molecule has 1 N–H and O–H groups in total. The van der Waals surface area contributed by atoms with Gasteiger partial charge in [0.15, 0.2) is 0 Å². The number of morpholine rings is 1. The van der Waals surface area contributed by atoms with Gasteiger partial charge in [0.05, 0.1) is 13.2 Å². The smallest absolute Gasteiger partial charge is 0.251 e. The summed E-state index contributed by atoms with van der Waals surface area (Å²) < 4.78 is 5.42. The van der Waals surface area contributed by atoms with Crippen LogP contribution in [0.5, 0.6) is 0 Å². The highest BCUT2D eigenvalue weighted by molar-refractivity contribution is 5.80. The number of piperidine rings is 1. The van der Waals surface area contributed by atoms with Crippen LogP contribution < -0.4 is 4.90 Å². The lowest BCUT2D eigenvalue weighted by Crippen LogP contribution is -2.43. The molecule has 25 heavy (non-hydrogen) atoms. The highest BCUT2D eigenvalue weighted by Gasteiger charge is 2.28. The molecule has 3 rings (SSSR count). The van der Waals surface area contributed by atoms with Gasteiger partial charge in [-0.3, -0.25) is 4.79 Å². The zero-order chi connectivity index (χ0) is 17.8.